The number of hydrogen-bond donors (Lipinski definition) is 4. The minimum absolute atomic E-state index is 0.0160. The summed E-state index contributed by atoms with van der Waals surface area (Å²) in [5, 5.41) is 29.0. The lowest BCUT2D eigenvalue weighted by Gasteiger charge is -2.09. The predicted molar refractivity (Wildman–Crippen MR) is 148 cm³/mol. The molecule has 0 saturated heterocycles. The highest BCUT2D eigenvalue weighted by Crippen LogP contribution is 2.18. The number of aromatic hydroxyl groups is 1. The first-order chi connectivity index (χ1) is 18.3. The van der Waals surface area contributed by atoms with Crippen molar-refractivity contribution in [2.45, 2.75) is 47.0 Å². The number of carboxylic acid groups (broad SMARTS) is 2. The molecule has 4 N–H and O–H groups in total. The lowest BCUT2D eigenvalue weighted by Crippen LogP contribution is -2.07. The highest BCUT2D eigenvalue weighted by molar-refractivity contribution is 5.91. The number of rotatable bonds is 7. The van der Waals surface area contributed by atoms with Crippen molar-refractivity contribution in [1.82, 2.24) is 0 Å². The van der Waals surface area contributed by atoms with Crippen LogP contribution in [0.1, 0.15) is 62.0 Å². The first kappa shape index (κ1) is 32.4. The predicted octanol–water partition coefficient (Wildman–Crippen LogP) is 5.73. The van der Waals surface area contributed by atoms with Gasteiger partial charge in [0.25, 0.3) is 0 Å². The Labute approximate surface area is 228 Å². The van der Waals surface area contributed by atoms with Crippen LogP contribution >= 0.6 is 0 Å². The van der Waals surface area contributed by atoms with Gasteiger partial charge in [0.2, 0.25) is 5.91 Å². The van der Waals surface area contributed by atoms with E-state index in [-0.39, 0.29) is 23.0 Å². The van der Waals surface area contributed by atoms with Gasteiger partial charge in [-0.05, 0) is 66.8 Å². The van der Waals surface area contributed by atoms with Gasteiger partial charge in [-0.2, -0.15) is 0 Å². The molecule has 3 rings (SSSR count). The molecule has 0 bridgehead atoms. The van der Waals surface area contributed by atoms with Gasteiger partial charge in [0.15, 0.2) is 0 Å². The SMILES string of the molecule is CC(=O)Nc1ccc(O)cc1.CC(=O)Oc1ccccc1C(=O)O.CC(C)Cc1ccc(C(C)C(=O)O)cc1. The van der Waals surface area contributed by atoms with Crippen molar-refractivity contribution in [3.05, 3.63) is 89.5 Å². The second-order valence-corrected chi connectivity index (χ2v) is 9.02. The van der Waals surface area contributed by atoms with Gasteiger partial charge < -0.3 is 25.4 Å². The number of carboxylic acids is 2. The molecule has 39 heavy (non-hydrogen) atoms. The number of phenols is 1. The summed E-state index contributed by atoms with van der Waals surface area (Å²) in [5.41, 5.74) is 2.81. The summed E-state index contributed by atoms with van der Waals surface area (Å²) in [6.07, 6.45) is 1.04. The molecule has 1 amide bonds. The minimum Gasteiger partial charge on any atom is -0.508 e. The van der Waals surface area contributed by atoms with Gasteiger partial charge in [0.1, 0.15) is 17.1 Å². The molecule has 0 saturated carbocycles. The molecule has 3 aromatic carbocycles. The number of nitrogens with one attached hydrogen (secondary N) is 1. The third-order valence-corrected chi connectivity index (χ3v) is 5.05. The van der Waals surface area contributed by atoms with Gasteiger partial charge in [-0.3, -0.25) is 14.4 Å². The summed E-state index contributed by atoms with van der Waals surface area (Å²) in [4.78, 5) is 42.5. The van der Waals surface area contributed by atoms with Crippen LogP contribution in [0, 0.1) is 5.92 Å². The number of aromatic carboxylic acids is 1. The maximum absolute atomic E-state index is 10.8. The minimum atomic E-state index is -1.11. The molecule has 208 valence electrons. The zero-order valence-electron chi connectivity index (χ0n) is 22.7. The molecular weight excluding hydrogens is 502 g/mol. The van der Waals surface area contributed by atoms with E-state index in [1.807, 2.05) is 24.3 Å². The molecule has 0 aliphatic heterocycles. The Morgan fingerprint density at radius 3 is 1.85 bits per heavy atom. The number of carbonyl (C=O) groups is 4. The van der Waals surface area contributed by atoms with Crippen molar-refractivity contribution in [2.75, 3.05) is 5.32 Å². The normalized spacial score (nSPS) is 10.6. The molecule has 0 aliphatic carbocycles. The Balaban J connectivity index is 0.000000296. The van der Waals surface area contributed by atoms with E-state index in [0.29, 0.717) is 11.6 Å². The highest BCUT2D eigenvalue weighted by atomic mass is 16.5. The van der Waals surface area contributed by atoms with Crippen LogP contribution in [-0.2, 0) is 20.8 Å². The fourth-order valence-corrected chi connectivity index (χ4v) is 3.19. The third kappa shape index (κ3) is 12.9. The number of amides is 1. The number of benzene rings is 3. The number of anilines is 1. The number of carbonyl (C=O) groups excluding carboxylic acids is 2. The largest absolute Gasteiger partial charge is 0.508 e. The van der Waals surface area contributed by atoms with Crippen LogP contribution in [0.5, 0.6) is 11.5 Å². The van der Waals surface area contributed by atoms with Crippen LogP contribution < -0.4 is 10.1 Å². The Bertz CT molecular complexity index is 1230. The maximum Gasteiger partial charge on any atom is 0.339 e. The molecule has 0 spiro atoms. The quantitative estimate of drug-likeness (QED) is 0.169. The van der Waals surface area contributed by atoms with Gasteiger partial charge in [0.05, 0.1) is 5.92 Å². The number of aliphatic carboxylic acids is 1. The molecule has 9 heteroatoms. The highest BCUT2D eigenvalue weighted by Gasteiger charge is 2.13. The summed E-state index contributed by atoms with van der Waals surface area (Å²) in [6.45, 7) is 8.72. The number of esters is 1. The van der Waals surface area contributed by atoms with Crippen molar-refractivity contribution in [3.63, 3.8) is 0 Å². The molecule has 0 fully saturated rings. The van der Waals surface area contributed by atoms with Crippen molar-refractivity contribution in [1.29, 1.82) is 0 Å². The van der Waals surface area contributed by atoms with Crippen LogP contribution in [-0.4, -0.2) is 39.1 Å². The molecule has 0 radical (unpaired) electrons. The van der Waals surface area contributed by atoms with Crippen LogP contribution in [0.15, 0.2) is 72.8 Å². The van der Waals surface area contributed by atoms with Crippen molar-refractivity contribution in [2.24, 2.45) is 5.92 Å². The molecule has 1 unspecified atom stereocenters. The van der Waals surface area contributed by atoms with E-state index in [0.717, 1.165) is 12.0 Å². The second kappa shape index (κ2) is 16.2. The lowest BCUT2D eigenvalue weighted by molar-refractivity contribution is -0.138. The van der Waals surface area contributed by atoms with Crippen LogP contribution in [0.25, 0.3) is 0 Å². The van der Waals surface area contributed by atoms with Gasteiger partial charge in [-0.1, -0.05) is 50.2 Å². The Kier molecular flexibility index (Phi) is 13.5. The Hall–Kier alpha value is -4.66. The molecule has 1 atom stereocenters. The first-order valence-corrected chi connectivity index (χ1v) is 12.2. The van der Waals surface area contributed by atoms with Gasteiger partial charge in [0, 0.05) is 19.5 Å². The summed E-state index contributed by atoms with van der Waals surface area (Å²) >= 11 is 0. The lowest BCUT2D eigenvalue weighted by atomic mass is 9.97. The standard InChI is InChI=1S/C13H18O2.C9H8O4.C8H9NO2/c1-9(2)8-11-4-6-12(7-5-11)10(3)13(14)15;1-6(10)13-8-5-3-2-4-7(8)9(11)12;1-6(10)9-7-2-4-8(11)5-3-7/h4-7,9-10H,8H2,1-3H3,(H,14,15);2-5H,1H3,(H,11,12);2-5,11H,1H3,(H,9,10). The number of para-hydroxylation sites is 1. The topological polar surface area (TPSA) is 150 Å². The van der Waals surface area contributed by atoms with E-state index in [4.69, 9.17) is 15.3 Å². The van der Waals surface area contributed by atoms with E-state index in [1.54, 1.807) is 31.2 Å². The smallest absolute Gasteiger partial charge is 0.339 e. The molecule has 9 nitrogen and oxygen atoms in total. The number of hydrogen-bond acceptors (Lipinski definition) is 6. The van der Waals surface area contributed by atoms with Gasteiger partial charge >= 0.3 is 17.9 Å². The van der Waals surface area contributed by atoms with Crippen molar-refractivity contribution < 1.29 is 39.2 Å². The van der Waals surface area contributed by atoms with E-state index in [1.165, 1.54) is 43.7 Å². The van der Waals surface area contributed by atoms with Crippen LogP contribution in [0.4, 0.5) is 5.69 Å². The van der Waals surface area contributed by atoms with E-state index in [2.05, 4.69) is 23.9 Å². The first-order valence-electron chi connectivity index (χ1n) is 12.2. The molecule has 0 heterocycles. The van der Waals surface area contributed by atoms with E-state index in [9.17, 15) is 19.2 Å². The Morgan fingerprint density at radius 2 is 1.38 bits per heavy atom. The van der Waals surface area contributed by atoms with E-state index >= 15 is 0 Å². The molecule has 3 aromatic rings. The fourth-order valence-electron chi connectivity index (χ4n) is 3.19. The summed E-state index contributed by atoms with van der Waals surface area (Å²) in [7, 11) is 0. The zero-order valence-corrected chi connectivity index (χ0v) is 22.7. The monoisotopic (exact) mass is 537 g/mol. The average molecular weight is 538 g/mol. The number of ether oxygens (including phenoxy) is 1. The molecule has 0 aromatic heterocycles. The van der Waals surface area contributed by atoms with Crippen molar-refractivity contribution in [3.8, 4) is 11.5 Å². The number of phenolic OH excluding ortho intramolecular Hbond substituents is 1. The van der Waals surface area contributed by atoms with Crippen LogP contribution in [0.3, 0.4) is 0 Å². The van der Waals surface area contributed by atoms with Crippen molar-refractivity contribution >= 4 is 29.5 Å². The van der Waals surface area contributed by atoms with Gasteiger partial charge in [-0.15, -0.1) is 0 Å². The molecule has 0 aliphatic rings. The summed E-state index contributed by atoms with van der Waals surface area (Å²) < 4.78 is 4.69. The zero-order chi connectivity index (χ0) is 29.5. The maximum atomic E-state index is 10.8. The molecular formula is C30H35NO8. The van der Waals surface area contributed by atoms with Gasteiger partial charge in [-0.25, -0.2) is 4.79 Å². The summed E-state index contributed by atoms with van der Waals surface area (Å²) in [5.74, 6) is -2.06. The van der Waals surface area contributed by atoms with E-state index < -0.39 is 23.8 Å². The average Bonchev–Trinajstić information content (AvgIpc) is 2.85. The fraction of sp³-hybridized carbons (Fsp3) is 0.267. The third-order valence-electron chi connectivity index (χ3n) is 5.05. The second-order valence-electron chi connectivity index (χ2n) is 9.02. The Morgan fingerprint density at radius 1 is 0.821 bits per heavy atom. The van der Waals surface area contributed by atoms with Crippen LogP contribution in [0.2, 0.25) is 0 Å². The summed E-state index contributed by atoms with van der Waals surface area (Å²) in [6, 6.07) is 20.2.